The van der Waals surface area contributed by atoms with Gasteiger partial charge in [0.25, 0.3) is 0 Å². The summed E-state index contributed by atoms with van der Waals surface area (Å²) in [4.78, 5) is 11.3. The van der Waals surface area contributed by atoms with E-state index >= 15 is 0 Å². The average molecular weight is 317 g/mol. The molecule has 0 unspecified atom stereocenters. The number of hydrogen-bond donors (Lipinski definition) is 1. The SMILES string of the molecule is C=Cc1ccc(-n2c3ccc(C(=O)O)cc3c3cn(C)nc32)cc1. The highest BCUT2D eigenvalue weighted by atomic mass is 16.4. The van der Waals surface area contributed by atoms with E-state index in [1.165, 1.54) is 0 Å². The van der Waals surface area contributed by atoms with Crippen LogP contribution in [0.3, 0.4) is 0 Å². The highest BCUT2D eigenvalue weighted by Crippen LogP contribution is 2.32. The van der Waals surface area contributed by atoms with Crippen molar-refractivity contribution in [3.8, 4) is 5.69 Å². The third-order valence-corrected chi connectivity index (χ3v) is 4.18. The molecule has 0 radical (unpaired) electrons. The number of carboxylic acid groups (broad SMARTS) is 1. The van der Waals surface area contributed by atoms with Gasteiger partial charge in [0, 0.05) is 29.7 Å². The predicted octanol–water partition coefficient (Wildman–Crippen LogP) is 3.86. The fourth-order valence-electron chi connectivity index (χ4n) is 3.05. The van der Waals surface area contributed by atoms with Crippen LogP contribution in [0.25, 0.3) is 33.7 Å². The zero-order valence-electron chi connectivity index (χ0n) is 13.1. The van der Waals surface area contributed by atoms with Crippen molar-refractivity contribution in [1.29, 1.82) is 0 Å². The second-order valence-corrected chi connectivity index (χ2v) is 5.71. The molecule has 0 atom stereocenters. The minimum atomic E-state index is -0.933. The summed E-state index contributed by atoms with van der Waals surface area (Å²) in [5.74, 6) is -0.933. The first-order valence-electron chi connectivity index (χ1n) is 7.52. The molecule has 2 heterocycles. The van der Waals surface area contributed by atoms with Gasteiger partial charge in [-0.1, -0.05) is 24.8 Å². The van der Waals surface area contributed by atoms with Crippen molar-refractivity contribution in [2.75, 3.05) is 0 Å². The Hall–Kier alpha value is -3.34. The maximum atomic E-state index is 11.3. The molecule has 4 rings (SSSR count). The summed E-state index contributed by atoms with van der Waals surface area (Å²) < 4.78 is 3.79. The van der Waals surface area contributed by atoms with Gasteiger partial charge >= 0.3 is 5.97 Å². The van der Waals surface area contributed by atoms with E-state index in [2.05, 4.69) is 11.7 Å². The van der Waals surface area contributed by atoms with Gasteiger partial charge in [-0.15, -0.1) is 0 Å². The van der Waals surface area contributed by atoms with Gasteiger partial charge in [-0.2, -0.15) is 5.10 Å². The van der Waals surface area contributed by atoms with Crippen LogP contribution in [0.15, 0.2) is 55.2 Å². The standard InChI is InChI=1S/C19H15N3O2/c1-3-12-4-7-14(8-5-12)22-17-9-6-13(19(23)24)10-15(17)16-11-21(2)20-18(16)22/h3-11H,1H2,2H3,(H,23,24). The normalized spacial score (nSPS) is 11.2. The summed E-state index contributed by atoms with van der Waals surface area (Å²) in [6.07, 6.45) is 3.71. The van der Waals surface area contributed by atoms with Gasteiger partial charge in [-0.3, -0.25) is 9.25 Å². The lowest BCUT2D eigenvalue weighted by atomic mass is 10.1. The second kappa shape index (κ2) is 5.09. The molecule has 0 aliphatic heterocycles. The van der Waals surface area contributed by atoms with Crippen LogP contribution >= 0.6 is 0 Å². The number of fused-ring (bicyclic) bond motifs is 3. The van der Waals surface area contributed by atoms with E-state index in [0.29, 0.717) is 0 Å². The molecule has 2 aromatic carbocycles. The van der Waals surface area contributed by atoms with Crippen LogP contribution in [-0.4, -0.2) is 25.4 Å². The number of carbonyl (C=O) groups is 1. The van der Waals surface area contributed by atoms with Crippen molar-refractivity contribution in [2.24, 2.45) is 7.05 Å². The minimum absolute atomic E-state index is 0.271. The Morgan fingerprint density at radius 3 is 2.58 bits per heavy atom. The van der Waals surface area contributed by atoms with E-state index in [-0.39, 0.29) is 5.56 Å². The third-order valence-electron chi connectivity index (χ3n) is 4.18. The van der Waals surface area contributed by atoms with E-state index < -0.39 is 5.97 Å². The molecule has 4 aromatic rings. The zero-order valence-corrected chi connectivity index (χ0v) is 13.1. The lowest BCUT2D eigenvalue weighted by Gasteiger charge is -2.07. The monoisotopic (exact) mass is 317 g/mol. The Balaban J connectivity index is 2.07. The van der Waals surface area contributed by atoms with Crippen LogP contribution in [0, 0.1) is 0 Å². The topological polar surface area (TPSA) is 60.1 Å². The summed E-state index contributed by atoms with van der Waals surface area (Å²) in [5, 5.41) is 15.6. The van der Waals surface area contributed by atoms with Gasteiger partial charge in [0.15, 0.2) is 5.65 Å². The molecule has 2 aromatic heterocycles. The maximum Gasteiger partial charge on any atom is 0.335 e. The number of hydrogen-bond acceptors (Lipinski definition) is 2. The molecule has 0 bridgehead atoms. The molecule has 0 aliphatic carbocycles. The number of benzene rings is 2. The Kier molecular flexibility index (Phi) is 3.03. The Labute approximate surface area is 138 Å². The first kappa shape index (κ1) is 14.3. The zero-order chi connectivity index (χ0) is 16.8. The predicted molar refractivity (Wildman–Crippen MR) is 94.6 cm³/mol. The van der Waals surface area contributed by atoms with Gasteiger partial charge in [0.05, 0.1) is 11.1 Å². The molecule has 5 heteroatoms. The van der Waals surface area contributed by atoms with Gasteiger partial charge in [0.1, 0.15) is 0 Å². The fourth-order valence-corrected chi connectivity index (χ4v) is 3.05. The van der Waals surface area contributed by atoms with E-state index in [0.717, 1.165) is 33.2 Å². The van der Waals surface area contributed by atoms with Crippen molar-refractivity contribution >= 4 is 34.0 Å². The summed E-state index contributed by atoms with van der Waals surface area (Å²) in [6, 6.07) is 13.2. The third kappa shape index (κ3) is 2.02. The van der Waals surface area contributed by atoms with Crippen LogP contribution < -0.4 is 0 Å². The first-order chi connectivity index (χ1) is 11.6. The molecule has 0 amide bonds. The summed E-state index contributed by atoms with van der Waals surface area (Å²) >= 11 is 0. The summed E-state index contributed by atoms with van der Waals surface area (Å²) in [5.41, 5.74) is 4.03. The number of aryl methyl sites for hydroxylation is 1. The van der Waals surface area contributed by atoms with Crippen LogP contribution in [0.2, 0.25) is 0 Å². The van der Waals surface area contributed by atoms with E-state index in [9.17, 15) is 9.90 Å². The second-order valence-electron chi connectivity index (χ2n) is 5.71. The molecule has 0 aliphatic rings. The number of aromatic carboxylic acids is 1. The highest BCUT2D eigenvalue weighted by Gasteiger charge is 2.16. The molecule has 0 spiro atoms. The largest absolute Gasteiger partial charge is 0.478 e. The van der Waals surface area contributed by atoms with Crippen molar-refractivity contribution < 1.29 is 9.90 Å². The molecule has 0 saturated carbocycles. The Bertz CT molecular complexity index is 1100. The molecule has 118 valence electrons. The van der Waals surface area contributed by atoms with Crippen molar-refractivity contribution in [2.45, 2.75) is 0 Å². The molecule has 0 fully saturated rings. The van der Waals surface area contributed by atoms with Crippen molar-refractivity contribution in [1.82, 2.24) is 14.3 Å². The molecular weight excluding hydrogens is 302 g/mol. The molecule has 5 nitrogen and oxygen atoms in total. The van der Waals surface area contributed by atoms with Crippen molar-refractivity contribution in [3.63, 3.8) is 0 Å². The highest BCUT2D eigenvalue weighted by molar-refractivity contribution is 6.09. The average Bonchev–Trinajstić information content (AvgIpc) is 3.09. The van der Waals surface area contributed by atoms with Crippen LogP contribution in [-0.2, 0) is 7.05 Å². The lowest BCUT2D eigenvalue weighted by Crippen LogP contribution is -1.98. The number of carboxylic acids is 1. The van der Waals surface area contributed by atoms with Crippen LogP contribution in [0.1, 0.15) is 15.9 Å². The summed E-state index contributed by atoms with van der Waals surface area (Å²) in [7, 11) is 1.86. The van der Waals surface area contributed by atoms with Crippen LogP contribution in [0.5, 0.6) is 0 Å². The van der Waals surface area contributed by atoms with Gasteiger partial charge < -0.3 is 5.11 Å². The van der Waals surface area contributed by atoms with E-state index in [4.69, 9.17) is 0 Å². The molecule has 0 saturated heterocycles. The van der Waals surface area contributed by atoms with Crippen molar-refractivity contribution in [3.05, 3.63) is 66.4 Å². The van der Waals surface area contributed by atoms with Gasteiger partial charge in [0.2, 0.25) is 0 Å². The number of rotatable bonds is 3. The first-order valence-corrected chi connectivity index (χ1v) is 7.52. The molecule has 24 heavy (non-hydrogen) atoms. The van der Waals surface area contributed by atoms with E-state index in [1.54, 1.807) is 22.9 Å². The Morgan fingerprint density at radius 2 is 1.92 bits per heavy atom. The minimum Gasteiger partial charge on any atom is -0.478 e. The number of nitrogens with zero attached hydrogens (tertiary/aromatic N) is 3. The maximum absolute atomic E-state index is 11.3. The quantitative estimate of drug-likeness (QED) is 0.624. The van der Waals surface area contributed by atoms with Crippen LogP contribution in [0.4, 0.5) is 0 Å². The van der Waals surface area contributed by atoms with Gasteiger partial charge in [-0.25, -0.2) is 4.79 Å². The summed E-state index contributed by atoms with van der Waals surface area (Å²) in [6.45, 7) is 3.77. The fraction of sp³-hybridized carbons (Fsp3) is 0.0526. The smallest absolute Gasteiger partial charge is 0.335 e. The number of aromatic nitrogens is 3. The molecular formula is C19H15N3O2. The lowest BCUT2D eigenvalue weighted by molar-refractivity contribution is 0.0697. The Morgan fingerprint density at radius 1 is 1.17 bits per heavy atom. The van der Waals surface area contributed by atoms with Gasteiger partial charge in [-0.05, 0) is 35.9 Å². The van der Waals surface area contributed by atoms with E-state index in [1.807, 2.05) is 48.1 Å². The molecule has 1 N–H and O–H groups in total.